The lowest BCUT2D eigenvalue weighted by molar-refractivity contribution is 0.170. The second-order valence-electron chi connectivity index (χ2n) is 6.70. The lowest BCUT2D eigenvalue weighted by Crippen LogP contribution is -2.48. The Balaban J connectivity index is 1.73. The monoisotopic (exact) mass is 266 g/mol. The maximum absolute atomic E-state index is 4.01. The van der Waals surface area contributed by atoms with Gasteiger partial charge in [0.15, 0.2) is 0 Å². The van der Waals surface area contributed by atoms with Gasteiger partial charge < -0.3 is 10.2 Å². The molecular formula is C17H34N2. The standard InChI is InChI=1S/C17H34N2/c1-3-12-19-13-10-16(11-14-19)18-17(4-2)15-8-6-5-7-9-15/h15-18H,3-14H2,1-2H3. The van der Waals surface area contributed by atoms with E-state index in [0.717, 1.165) is 18.0 Å². The van der Waals surface area contributed by atoms with Crippen LogP contribution in [0.25, 0.3) is 0 Å². The van der Waals surface area contributed by atoms with E-state index in [0.29, 0.717) is 0 Å². The van der Waals surface area contributed by atoms with Gasteiger partial charge in [-0.2, -0.15) is 0 Å². The predicted octanol–water partition coefficient (Wildman–Crippen LogP) is 3.81. The summed E-state index contributed by atoms with van der Waals surface area (Å²) in [4.78, 5) is 2.64. The molecule has 0 spiro atoms. The summed E-state index contributed by atoms with van der Waals surface area (Å²) >= 11 is 0. The fraction of sp³-hybridized carbons (Fsp3) is 1.00. The van der Waals surface area contributed by atoms with Gasteiger partial charge in [-0.3, -0.25) is 0 Å². The van der Waals surface area contributed by atoms with Crippen LogP contribution in [0.4, 0.5) is 0 Å². The number of hydrogen-bond donors (Lipinski definition) is 1. The van der Waals surface area contributed by atoms with Crippen molar-refractivity contribution in [3.05, 3.63) is 0 Å². The molecule has 2 aliphatic rings. The van der Waals surface area contributed by atoms with E-state index in [-0.39, 0.29) is 0 Å². The van der Waals surface area contributed by atoms with Gasteiger partial charge in [0.25, 0.3) is 0 Å². The zero-order chi connectivity index (χ0) is 13.5. The smallest absolute Gasteiger partial charge is 0.00953 e. The first kappa shape index (κ1) is 15.3. The number of rotatable bonds is 6. The molecule has 2 heteroatoms. The molecule has 2 rings (SSSR count). The van der Waals surface area contributed by atoms with Gasteiger partial charge >= 0.3 is 0 Å². The van der Waals surface area contributed by atoms with Crippen LogP contribution in [0.3, 0.4) is 0 Å². The number of nitrogens with one attached hydrogen (secondary N) is 1. The summed E-state index contributed by atoms with van der Waals surface area (Å²) in [6, 6.07) is 1.59. The van der Waals surface area contributed by atoms with Crippen molar-refractivity contribution in [3.8, 4) is 0 Å². The highest BCUT2D eigenvalue weighted by Crippen LogP contribution is 2.28. The zero-order valence-corrected chi connectivity index (χ0v) is 13.2. The summed E-state index contributed by atoms with van der Waals surface area (Å²) in [5.41, 5.74) is 0. The summed E-state index contributed by atoms with van der Waals surface area (Å²) in [6.07, 6.45) is 12.7. The van der Waals surface area contributed by atoms with Crippen molar-refractivity contribution in [2.75, 3.05) is 19.6 Å². The van der Waals surface area contributed by atoms with Gasteiger partial charge in [0.1, 0.15) is 0 Å². The largest absolute Gasteiger partial charge is 0.311 e. The molecule has 1 aliphatic heterocycles. The zero-order valence-electron chi connectivity index (χ0n) is 13.2. The van der Waals surface area contributed by atoms with Crippen molar-refractivity contribution in [1.29, 1.82) is 0 Å². The van der Waals surface area contributed by atoms with Crippen molar-refractivity contribution >= 4 is 0 Å². The number of nitrogens with zero attached hydrogens (tertiary/aromatic N) is 1. The SMILES string of the molecule is CCCN1CCC(NC(CC)C2CCCCC2)CC1. The second kappa shape index (κ2) is 8.26. The normalized spacial score (nSPS) is 25.6. The molecule has 0 aromatic carbocycles. The van der Waals surface area contributed by atoms with Crippen LogP contribution >= 0.6 is 0 Å². The lowest BCUT2D eigenvalue weighted by Gasteiger charge is -2.37. The third kappa shape index (κ3) is 4.75. The minimum absolute atomic E-state index is 0.792. The summed E-state index contributed by atoms with van der Waals surface area (Å²) in [5, 5.41) is 4.01. The average molecular weight is 266 g/mol. The fourth-order valence-electron chi connectivity index (χ4n) is 4.07. The maximum atomic E-state index is 4.01. The Labute approximate surface area is 120 Å². The lowest BCUT2D eigenvalue weighted by atomic mass is 9.82. The highest BCUT2D eigenvalue weighted by atomic mass is 15.1. The molecule has 1 saturated carbocycles. The highest BCUT2D eigenvalue weighted by molar-refractivity contribution is 4.84. The Hall–Kier alpha value is -0.0800. The van der Waals surface area contributed by atoms with E-state index in [1.54, 1.807) is 0 Å². The van der Waals surface area contributed by atoms with Gasteiger partial charge in [-0.15, -0.1) is 0 Å². The molecule has 1 atom stereocenters. The van der Waals surface area contributed by atoms with Crippen LogP contribution in [0, 0.1) is 5.92 Å². The summed E-state index contributed by atoms with van der Waals surface area (Å²) in [7, 11) is 0. The Kier molecular flexibility index (Phi) is 6.66. The van der Waals surface area contributed by atoms with E-state index in [1.165, 1.54) is 77.4 Å². The summed E-state index contributed by atoms with van der Waals surface area (Å²) in [6.45, 7) is 8.59. The van der Waals surface area contributed by atoms with Crippen LogP contribution in [0.2, 0.25) is 0 Å². The number of hydrogen-bond acceptors (Lipinski definition) is 2. The molecule has 0 bridgehead atoms. The molecule has 1 heterocycles. The van der Waals surface area contributed by atoms with Crippen LogP contribution in [0.15, 0.2) is 0 Å². The molecule has 112 valence electrons. The maximum Gasteiger partial charge on any atom is 0.00953 e. The van der Waals surface area contributed by atoms with Gasteiger partial charge in [-0.25, -0.2) is 0 Å². The Morgan fingerprint density at radius 3 is 2.26 bits per heavy atom. The van der Waals surface area contributed by atoms with E-state index in [4.69, 9.17) is 0 Å². The Morgan fingerprint density at radius 1 is 1.00 bits per heavy atom. The first-order valence-corrected chi connectivity index (χ1v) is 8.81. The molecule has 0 aromatic heterocycles. The van der Waals surface area contributed by atoms with Crippen molar-refractivity contribution in [3.63, 3.8) is 0 Å². The molecule has 0 radical (unpaired) electrons. The Bertz CT molecular complexity index is 227. The molecule has 1 N–H and O–H groups in total. The third-order valence-corrected chi connectivity index (χ3v) is 5.24. The van der Waals surface area contributed by atoms with Gasteiger partial charge in [0.2, 0.25) is 0 Å². The predicted molar refractivity (Wildman–Crippen MR) is 83.5 cm³/mol. The van der Waals surface area contributed by atoms with Crippen LogP contribution in [0.5, 0.6) is 0 Å². The van der Waals surface area contributed by atoms with Crippen molar-refractivity contribution in [2.24, 2.45) is 5.92 Å². The van der Waals surface area contributed by atoms with Crippen molar-refractivity contribution in [2.45, 2.75) is 83.7 Å². The molecule has 2 fully saturated rings. The van der Waals surface area contributed by atoms with E-state index in [9.17, 15) is 0 Å². The van der Waals surface area contributed by atoms with E-state index in [2.05, 4.69) is 24.1 Å². The molecule has 0 amide bonds. The van der Waals surface area contributed by atoms with Crippen LogP contribution < -0.4 is 5.32 Å². The Morgan fingerprint density at radius 2 is 1.68 bits per heavy atom. The van der Waals surface area contributed by atoms with Gasteiger partial charge in [0.05, 0.1) is 0 Å². The number of likely N-dealkylation sites (tertiary alicyclic amines) is 1. The quantitative estimate of drug-likeness (QED) is 0.786. The summed E-state index contributed by atoms with van der Waals surface area (Å²) < 4.78 is 0. The minimum atomic E-state index is 0.792. The van der Waals surface area contributed by atoms with E-state index in [1.807, 2.05) is 0 Å². The second-order valence-corrected chi connectivity index (χ2v) is 6.70. The van der Waals surface area contributed by atoms with Gasteiger partial charge in [0, 0.05) is 12.1 Å². The summed E-state index contributed by atoms with van der Waals surface area (Å²) in [5.74, 6) is 0.965. The van der Waals surface area contributed by atoms with Crippen molar-refractivity contribution < 1.29 is 0 Å². The van der Waals surface area contributed by atoms with Gasteiger partial charge in [-0.1, -0.05) is 33.1 Å². The number of piperidine rings is 1. The minimum Gasteiger partial charge on any atom is -0.311 e. The first-order valence-electron chi connectivity index (χ1n) is 8.81. The molecule has 19 heavy (non-hydrogen) atoms. The molecular weight excluding hydrogens is 232 g/mol. The highest BCUT2D eigenvalue weighted by Gasteiger charge is 2.26. The average Bonchev–Trinajstić information content (AvgIpc) is 2.48. The van der Waals surface area contributed by atoms with E-state index >= 15 is 0 Å². The molecule has 1 unspecified atom stereocenters. The van der Waals surface area contributed by atoms with Crippen LogP contribution in [-0.4, -0.2) is 36.6 Å². The molecule has 1 aliphatic carbocycles. The molecule has 1 saturated heterocycles. The fourth-order valence-corrected chi connectivity index (χ4v) is 4.07. The first-order chi connectivity index (χ1) is 9.33. The van der Waals surface area contributed by atoms with Crippen molar-refractivity contribution in [1.82, 2.24) is 10.2 Å². The molecule has 0 aromatic rings. The van der Waals surface area contributed by atoms with Crippen LogP contribution in [-0.2, 0) is 0 Å². The third-order valence-electron chi connectivity index (χ3n) is 5.24. The molecule has 2 nitrogen and oxygen atoms in total. The van der Waals surface area contributed by atoms with Gasteiger partial charge in [-0.05, 0) is 64.1 Å². The topological polar surface area (TPSA) is 15.3 Å². The van der Waals surface area contributed by atoms with E-state index < -0.39 is 0 Å². The van der Waals surface area contributed by atoms with Crippen LogP contribution in [0.1, 0.15) is 71.6 Å².